The predicted octanol–water partition coefficient (Wildman–Crippen LogP) is 3.64. The molecule has 11 nitrogen and oxygen atoms in total. The molecule has 3 aromatic rings. The fourth-order valence-corrected chi connectivity index (χ4v) is 4.22. The highest BCUT2D eigenvalue weighted by atomic mass is 16.6. The number of rotatable bonds is 2. The Labute approximate surface area is 208 Å². The highest BCUT2D eigenvalue weighted by Gasteiger charge is 2.33. The summed E-state index contributed by atoms with van der Waals surface area (Å²) in [5, 5.41) is 10.9. The Morgan fingerprint density at radius 3 is 2.75 bits per heavy atom. The summed E-state index contributed by atoms with van der Waals surface area (Å²) >= 11 is 0. The van der Waals surface area contributed by atoms with Crippen LogP contribution in [-0.2, 0) is 16.1 Å². The van der Waals surface area contributed by atoms with E-state index in [0.29, 0.717) is 35.2 Å². The molecule has 3 aliphatic rings. The average molecular weight is 495 g/mol. The lowest BCUT2D eigenvalue weighted by Gasteiger charge is -2.35. The summed E-state index contributed by atoms with van der Waals surface area (Å²) in [7, 11) is 3.18. The number of nitrogens with zero attached hydrogens (tertiary/aromatic N) is 4. The number of amides is 2. The van der Waals surface area contributed by atoms with Crippen LogP contribution in [0, 0.1) is 0 Å². The third-order valence-corrected chi connectivity index (χ3v) is 6.15. The molecule has 1 aliphatic carbocycles. The van der Waals surface area contributed by atoms with Crippen LogP contribution in [0.3, 0.4) is 0 Å². The molecule has 2 N–H and O–H groups in total. The summed E-state index contributed by atoms with van der Waals surface area (Å²) in [6.07, 6.45) is 2.44. The molecule has 0 radical (unpaired) electrons. The minimum absolute atomic E-state index is 0.00909. The van der Waals surface area contributed by atoms with Crippen LogP contribution in [0.1, 0.15) is 49.7 Å². The molecular weight excluding hydrogens is 464 g/mol. The summed E-state index contributed by atoms with van der Waals surface area (Å²) in [5.41, 5.74) is 1.98. The second-order valence-corrected chi connectivity index (χ2v) is 10.1. The van der Waals surface area contributed by atoms with Gasteiger partial charge in [-0.25, -0.2) is 14.3 Å². The zero-order chi connectivity index (χ0) is 25.6. The fourth-order valence-electron chi connectivity index (χ4n) is 4.22. The zero-order valence-corrected chi connectivity index (χ0v) is 21.0. The largest absolute Gasteiger partial charge is 0.495 e. The van der Waals surface area contributed by atoms with Crippen molar-refractivity contribution in [3.05, 3.63) is 41.7 Å². The second-order valence-electron chi connectivity index (χ2n) is 10.1. The van der Waals surface area contributed by atoms with Crippen molar-refractivity contribution in [2.24, 2.45) is 0 Å². The second kappa shape index (κ2) is 8.98. The van der Waals surface area contributed by atoms with Crippen molar-refractivity contribution in [2.75, 3.05) is 24.4 Å². The third kappa shape index (κ3) is 4.66. The van der Waals surface area contributed by atoms with E-state index in [4.69, 9.17) is 14.2 Å². The van der Waals surface area contributed by atoms with Crippen LogP contribution in [0.4, 0.5) is 22.0 Å². The van der Waals surface area contributed by atoms with Gasteiger partial charge in [0.05, 0.1) is 37.4 Å². The average Bonchev–Trinajstić information content (AvgIpc) is 3.22. The smallest absolute Gasteiger partial charge is 0.414 e. The number of fused-ring (bicyclic) bond motifs is 2. The van der Waals surface area contributed by atoms with Crippen LogP contribution >= 0.6 is 0 Å². The number of imidazole rings is 1. The van der Waals surface area contributed by atoms with E-state index in [2.05, 4.69) is 20.7 Å². The molecule has 1 saturated carbocycles. The Morgan fingerprint density at radius 2 is 2.03 bits per heavy atom. The molecule has 4 heterocycles. The van der Waals surface area contributed by atoms with Gasteiger partial charge in [0.25, 0.3) is 5.91 Å². The molecule has 1 aromatic carbocycles. The van der Waals surface area contributed by atoms with Gasteiger partial charge in [0.2, 0.25) is 0 Å². The minimum Gasteiger partial charge on any atom is -0.495 e. The Bertz CT molecular complexity index is 1320. The van der Waals surface area contributed by atoms with Crippen LogP contribution in [-0.4, -0.2) is 58.5 Å². The highest BCUT2D eigenvalue weighted by Crippen LogP contribution is 2.33. The van der Waals surface area contributed by atoms with Gasteiger partial charge < -0.3 is 24.8 Å². The zero-order valence-electron chi connectivity index (χ0n) is 21.0. The Morgan fingerprint density at radius 1 is 1.25 bits per heavy atom. The molecule has 36 heavy (non-hydrogen) atoms. The van der Waals surface area contributed by atoms with Crippen LogP contribution in [0.5, 0.6) is 5.75 Å². The number of anilines is 3. The maximum Gasteiger partial charge on any atom is 0.414 e. The van der Waals surface area contributed by atoms with Gasteiger partial charge in [0, 0.05) is 19.2 Å². The van der Waals surface area contributed by atoms with Crippen molar-refractivity contribution in [1.29, 1.82) is 0 Å². The first-order valence-corrected chi connectivity index (χ1v) is 11.8. The number of ether oxygens (including phenoxy) is 3. The fraction of sp³-hybridized carbons (Fsp3) is 0.440. The van der Waals surface area contributed by atoms with E-state index >= 15 is 0 Å². The van der Waals surface area contributed by atoms with Gasteiger partial charge in [-0.1, -0.05) is 6.07 Å². The number of carbonyl (C=O) groups is 2. The van der Waals surface area contributed by atoms with Gasteiger partial charge in [-0.15, -0.1) is 5.10 Å². The molecule has 6 rings (SSSR count). The monoisotopic (exact) mass is 494 g/mol. The SMILES string of the molecule is COc1ccc2cc1Nc1cc(N(C)C(=O)OC(C)(C)C)c3ncc(n3n1)C(=O)N[C@H]1C[C@H](C1)OC2. The van der Waals surface area contributed by atoms with Gasteiger partial charge in [0.1, 0.15) is 11.4 Å². The third-order valence-electron chi connectivity index (χ3n) is 6.15. The number of aromatic nitrogens is 3. The first kappa shape index (κ1) is 23.9. The van der Waals surface area contributed by atoms with Gasteiger partial charge in [-0.2, -0.15) is 0 Å². The predicted molar refractivity (Wildman–Crippen MR) is 133 cm³/mol. The molecule has 6 bridgehead atoms. The normalized spacial score (nSPS) is 19.4. The molecular formula is C25H30N6O5. The van der Waals surface area contributed by atoms with Crippen molar-refractivity contribution in [2.45, 2.75) is 58.0 Å². The van der Waals surface area contributed by atoms with E-state index in [1.807, 2.05) is 18.2 Å². The summed E-state index contributed by atoms with van der Waals surface area (Å²) in [4.78, 5) is 31.8. The quantitative estimate of drug-likeness (QED) is 0.554. The molecule has 2 aromatic heterocycles. The maximum absolute atomic E-state index is 13.1. The van der Waals surface area contributed by atoms with Crippen LogP contribution in [0.15, 0.2) is 30.5 Å². The van der Waals surface area contributed by atoms with Gasteiger partial charge in [0.15, 0.2) is 17.2 Å². The molecule has 0 atom stereocenters. The molecule has 1 fully saturated rings. The summed E-state index contributed by atoms with van der Waals surface area (Å²) in [6.45, 7) is 5.83. The van der Waals surface area contributed by atoms with E-state index in [-0.39, 0.29) is 23.7 Å². The van der Waals surface area contributed by atoms with Crippen LogP contribution in [0.2, 0.25) is 0 Å². The molecule has 2 aliphatic heterocycles. The Kier molecular flexibility index (Phi) is 5.95. The topological polar surface area (TPSA) is 119 Å². The van der Waals surface area contributed by atoms with Gasteiger partial charge in [-0.05, 0) is 51.3 Å². The highest BCUT2D eigenvalue weighted by molar-refractivity contribution is 5.96. The van der Waals surface area contributed by atoms with E-state index < -0.39 is 11.7 Å². The molecule has 2 amide bonds. The lowest BCUT2D eigenvalue weighted by atomic mass is 9.89. The first-order chi connectivity index (χ1) is 17.1. The summed E-state index contributed by atoms with van der Waals surface area (Å²) < 4.78 is 18.6. The Balaban J connectivity index is 1.63. The Hall–Kier alpha value is -3.86. The molecule has 0 spiro atoms. The standard InChI is InChI=1S/C25H30N6O5/c1-25(2,3)36-24(33)30(4)18-11-21-28-17-8-14(6-7-20(17)34-5)13-35-16-9-15(10-16)27-23(32)19-12-26-22(18)31(19)29-21/h6-8,11-12,15-16H,9-10,13H2,1-5H3,(H,27,32)(H,28,29)/t15-,16+. The number of nitrogens with one attached hydrogen (secondary N) is 2. The van der Waals surface area contributed by atoms with E-state index in [9.17, 15) is 9.59 Å². The van der Waals surface area contributed by atoms with Crippen molar-refractivity contribution in [3.63, 3.8) is 0 Å². The van der Waals surface area contributed by atoms with Crippen molar-refractivity contribution < 1.29 is 23.8 Å². The molecule has 0 saturated heterocycles. The summed E-state index contributed by atoms with van der Waals surface area (Å²) in [5.74, 6) is 0.698. The number of carbonyl (C=O) groups excluding carboxylic acids is 2. The number of hydrogen-bond donors (Lipinski definition) is 2. The number of benzene rings is 1. The van der Waals surface area contributed by atoms with Crippen molar-refractivity contribution in [3.8, 4) is 5.75 Å². The first-order valence-electron chi connectivity index (χ1n) is 11.8. The summed E-state index contributed by atoms with van der Waals surface area (Å²) in [6, 6.07) is 7.45. The lowest BCUT2D eigenvalue weighted by molar-refractivity contribution is -0.0251. The van der Waals surface area contributed by atoms with Crippen LogP contribution < -0.4 is 20.3 Å². The maximum atomic E-state index is 13.1. The van der Waals surface area contributed by atoms with Crippen molar-refractivity contribution in [1.82, 2.24) is 19.9 Å². The molecule has 0 unspecified atom stereocenters. The molecule has 190 valence electrons. The number of hydrogen-bond acceptors (Lipinski definition) is 8. The lowest BCUT2D eigenvalue weighted by Crippen LogP contribution is -2.48. The molecule has 11 heteroatoms. The van der Waals surface area contributed by atoms with Crippen LogP contribution in [0.25, 0.3) is 5.65 Å². The van der Waals surface area contributed by atoms with E-state index in [1.54, 1.807) is 41.0 Å². The van der Waals surface area contributed by atoms with E-state index in [1.165, 1.54) is 15.6 Å². The minimum atomic E-state index is -0.682. The number of methoxy groups -OCH3 is 1. The van der Waals surface area contributed by atoms with Crippen molar-refractivity contribution >= 4 is 34.8 Å². The van der Waals surface area contributed by atoms with Gasteiger partial charge >= 0.3 is 6.09 Å². The van der Waals surface area contributed by atoms with Gasteiger partial charge in [-0.3, -0.25) is 9.69 Å². The van der Waals surface area contributed by atoms with E-state index in [0.717, 1.165) is 18.4 Å².